The quantitative estimate of drug-likeness (QED) is 0.454. The van der Waals surface area contributed by atoms with Gasteiger partial charge in [-0.3, -0.25) is 9.59 Å². The van der Waals surface area contributed by atoms with Crippen molar-refractivity contribution in [2.45, 2.75) is 25.5 Å². The van der Waals surface area contributed by atoms with Gasteiger partial charge >= 0.3 is 18.9 Å². The molecule has 0 radical (unpaired) electrons. The van der Waals surface area contributed by atoms with Crippen LogP contribution in [0.1, 0.15) is 35.3 Å². The molecule has 2 aromatic carbocycles. The number of rotatable bonds is 7. The first-order valence-corrected chi connectivity index (χ1v) is 9.38. The molecule has 0 aliphatic heterocycles. The van der Waals surface area contributed by atoms with Gasteiger partial charge < -0.3 is 25.7 Å². The molecular formula is C22H24LiN3O4. The fourth-order valence-corrected chi connectivity index (χ4v) is 3.14. The Kier molecular flexibility index (Phi) is 7.74. The van der Waals surface area contributed by atoms with Crippen LogP contribution >= 0.6 is 0 Å². The van der Waals surface area contributed by atoms with Gasteiger partial charge in [-0.1, -0.05) is 67.0 Å². The SMILES string of the molecule is CC[C@@H]([N-]C1=C(Nc2cccc(C(=O)N(C)C)c2O)C(O)C1=O)c1ccccc1.[Li+]. The number of amides is 1. The largest absolute Gasteiger partial charge is 1.00 e. The minimum atomic E-state index is -1.34. The second-order valence-electron chi connectivity index (χ2n) is 7.02. The third-order valence-corrected chi connectivity index (χ3v) is 4.81. The van der Waals surface area contributed by atoms with Crippen LogP contribution in [0, 0.1) is 0 Å². The number of para-hydroxylation sites is 1. The third-order valence-electron chi connectivity index (χ3n) is 4.81. The zero-order chi connectivity index (χ0) is 21.1. The number of nitrogens with zero attached hydrogens (tertiary/aromatic N) is 2. The number of ketones is 1. The Labute approximate surface area is 188 Å². The Morgan fingerprint density at radius 3 is 2.43 bits per heavy atom. The number of aliphatic hydroxyl groups is 1. The van der Waals surface area contributed by atoms with E-state index in [2.05, 4.69) is 10.6 Å². The number of anilines is 1. The van der Waals surface area contributed by atoms with E-state index in [4.69, 9.17) is 0 Å². The van der Waals surface area contributed by atoms with E-state index in [0.29, 0.717) is 6.42 Å². The maximum Gasteiger partial charge on any atom is 1.00 e. The summed E-state index contributed by atoms with van der Waals surface area (Å²) in [6, 6.07) is 14.1. The van der Waals surface area contributed by atoms with E-state index in [1.807, 2.05) is 37.3 Å². The van der Waals surface area contributed by atoms with Crippen molar-refractivity contribution in [1.29, 1.82) is 0 Å². The Morgan fingerprint density at radius 2 is 1.83 bits per heavy atom. The minimum absolute atomic E-state index is 0. The molecule has 0 aromatic heterocycles. The first-order chi connectivity index (χ1) is 13.8. The average Bonchev–Trinajstić information content (AvgIpc) is 2.74. The molecule has 7 nitrogen and oxygen atoms in total. The first-order valence-electron chi connectivity index (χ1n) is 9.38. The molecule has 2 atom stereocenters. The van der Waals surface area contributed by atoms with Crippen LogP contribution in [-0.2, 0) is 4.79 Å². The van der Waals surface area contributed by atoms with Crippen LogP contribution in [-0.4, -0.2) is 47.0 Å². The number of nitrogens with one attached hydrogen (secondary N) is 1. The maximum atomic E-state index is 12.2. The molecule has 0 saturated carbocycles. The van der Waals surface area contributed by atoms with Gasteiger partial charge in [0.15, 0.2) is 17.6 Å². The smallest absolute Gasteiger partial charge is 0.674 e. The van der Waals surface area contributed by atoms with Crippen molar-refractivity contribution >= 4 is 17.4 Å². The van der Waals surface area contributed by atoms with Gasteiger partial charge in [0.1, 0.15) is 0 Å². The van der Waals surface area contributed by atoms with Gasteiger partial charge in [0, 0.05) is 19.8 Å². The number of hydrogen-bond donors (Lipinski definition) is 3. The van der Waals surface area contributed by atoms with Crippen molar-refractivity contribution < 1.29 is 38.7 Å². The molecule has 1 aliphatic carbocycles. The van der Waals surface area contributed by atoms with E-state index in [0.717, 1.165) is 5.56 Å². The van der Waals surface area contributed by atoms with Gasteiger partial charge in [0.05, 0.1) is 11.3 Å². The van der Waals surface area contributed by atoms with E-state index in [-0.39, 0.29) is 59.2 Å². The molecule has 1 unspecified atom stereocenters. The third kappa shape index (κ3) is 4.54. The van der Waals surface area contributed by atoms with Crippen LogP contribution in [0.3, 0.4) is 0 Å². The zero-order valence-corrected chi connectivity index (χ0v) is 17.6. The molecule has 0 spiro atoms. The zero-order valence-electron chi connectivity index (χ0n) is 17.6. The van der Waals surface area contributed by atoms with Crippen molar-refractivity contribution in [2.24, 2.45) is 0 Å². The summed E-state index contributed by atoms with van der Waals surface area (Å²) in [6.45, 7) is 1.97. The molecule has 3 N–H and O–H groups in total. The number of aromatic hydroxyl groups is 1. The van der Waals surface area contributed by atoms with Gasteiger partial charge in [-0.2, -0.15) is 0 Å². The maximum absolute atomic E-state index is 12.2. The second kappa shape index (κ2) is 9.85. The summed E-state index contributed by atoms with van der Waals surface area (Å²) in [7, 11) is 3.18. The summed E-state index contributed by atoms with van der Waals surface area (Å²) in [5.41, 5.74) is 1.68. The van der Waals surface area contributed by atoms with Crippen molar-refractivity contribution in [1.82, 2.24) is 4.90 Å². The summed E-state index contributed by atoms with van der Waals surface area (Å²) >= 11 is 0. The molecule has 1 aliphatic rings. The number of hydrogen-bond acceptors (Lipinski definition) is 5. The van der Waals surface area contributed by atoms with Gasteiger partial charge in [-0.25, -0.2) is 0 Å². The monoisotopic (exact) mass is 401 g/mol. The molecule has 0 fully saturated rings. The van der Waals surface area contributed by atoms with E-state index in [9.17, 15) is 19.8 Å². The normalized spacial score (nSPS) is 16.3. The fraction of sp³-hybridized carbons (Fsp3) is 0.273. The van der Waals surface area contributed by atoms with Crippen LogP contribution in [0.4, 0.5) is 5.69 Å². The van der Waals surface area contributed by atoms with Crippen LogP contribution in [0.2, 0.25) is 0 Å². The molecule has 0 saturated heterocycles. The Morgan fingerprint density at radius 1 is 1.17 bits per heavy atom. The molecule has 8 heteroatoms. The minimum Gasteiger partial charge on any atom is -0.674 e. The van der Waals surface area contributed by atoms with Gasteiger partial charge in [0.25, 0.3) is 5.91 Å². The Balaban J connectivity index is 0.00000320. The molecular weight excluding hydrogens is 377 g/mol. The van der Waals surface area contributed by atoms with Gasteiger partial charge in [-0.05, 0) is 12.1 Å². The molecule has 1 amide bonds. The molecule has 3 rings (SSSR count). The van der Waals surface area contributed by atoms with Crippen molar-refractivity contribution in [3.8, 4) is 5.75 Å². The van der Waals surface area contributed by atoms with Crippen molar-refractivity contribution in [2.75, 3.05) is 19.4 Å². The average molecular weight is 401 g/mol. The van der Waals surface area contributed by atoms with Crippen molar-refractivity contribution in [3.05, 3.63) is 76.4 Å². The Hall–Kier alpha value is -2.72. The number of phenolic OH excluding ortho intramolecular Hbond substituents is 1. The summed E-state index contributed by atoms with van der Waals surface area (Å²) in [5.74, 6) is -1.08. The van der Waals surface area contributed by atoms with Crippen LogP contribution in [0.25, 0.3) is 5.32 Å². The Bertz CT molecular complexity index is 960. The number of Topliss-reactive ketones (excluding diaryl/α,β-unsaturated/α-hetero) is 1. The van der Waals surface area contributed by atoms with Crippen molar-refractivity contribution in [3.63, 3.8) is 0 Å². The van der Waals surface area contributed by atoms with E-state index >= 15 is 0 Å². The topological polar surface area (TPSA) is 104 Å². The predicted octanol–water partition coefficient (Wildman–Crippen LogP) is 0.190. The molecule has 152 valence electrons. The van der Waals surface area contributed by atoms with Gasteiger partial charge in [0.2, 0.25) is 0 Å². The molecule has 0 heterocycles. The second-order valence-corrected chi connectivity index (χ2v) is 7.02. The van der Waals surface area contributed by atoms with E-state index in [1.54, 1.807) is 26.2 Å². The van der Waals surface area contributed by atoms with Crippen LogP contribution in [0.15, 0.2) is 59.9 Å². The van der Waals surface area contributed by atoms with E-state index < -0.39 is 11.9 Å². The standard InChI is InChI=1S/C22H24N3O4.Li/c1-4-15(13-9-6-5-7-10-13)23-17-18(21(28)20(17)27)24-16-12-8-11-14(19(16)26)22(29)25(2)3;/h5-12,15,21,28H,4H2,1-3H3,(H,24,27)(H,26,29);/q-1;+1/t15-,21?;/m1./s1. The summed E-state index contributed by atoms with van der Waals surface area (Å²) < 4.78 is 0. The number of carbonyl (C=O) groups excluding carboxylic acids is 2. The first kappa shape index (κ1) is 23.6. The number of phenols is 1. The molecule has 30 heavy (non-hydrogen) atoms. The number of aliphatic hydroxyl groups excluding tert-OH is 1. The summed E-state index contributed by atoms with van der Waals surface area (Å²) in [5, 5.41) is 28.1. The summed E-state index contributed by atoms with van der Waals surface area (Å²) in [4.78, 5) is 25.8. The number of benzene rings is 2. The predicted molar refractivity (Wildman–Crippen MR) is 111 cm³/mol. The molecule has 2 aromatic rings. The van der Waals surface area contributed by atoms with Gasteiger partial charge in [-0.15, -0.1) is 0 Å². The summed E-state index contributed by atoms with van der Waals surface area (Å²) in [6.07, 6.45) is -0.656. The van der Waals surface area contributed by atoms with E-state index in [1.165, 1.54) is 11.0 Å². The number of carbonyl (C=O) groups is 2. The molecule has 0 bridgehead atoms. The van der Waals surface area contributed by atoms with Crippen LogP contribution < -0.4 is 24.2 Å². The van der Waals surface area contributed by atoms with Crippen LogP contribution in [0.5, 0.6) is 5.75 Å². The fourth-order valence-electron chi connectivity index (χ4n) is 3.14.